The molecule has 168 valence electrons. The van der Waals surface area contributed by atoms with Crippen LogP contribution in [0.2, 0.25) is 0 Å². The Morgan fingerprint density at radius 3 is 2.56 bits per heavy atom. The molecule has 2 N–H and O–H groups in total. The molecule has 0 saturated carbocycles. The Morgan fingerprint density at radius 1 is 0.941 bits per heavy atom. The van der Waals surface area contributed by atoms with Crippen LogP contribution in [0.5, 0.6) is 0 Å². The van der Waals surface area contributed by atoms with Gasteiger partial charge in [0.15, 0.2) is 0 Å². The number of rotatable bonds is 4. The highest BCUT2D eigenvalue weighted by Crippen LogP contribution is 2.28. The number of aromatic nitrogens is 4. The minimum atomic E-state index is -0.343. The summed E-state index contributed by atoms with van der Waals surface area (Å²) in [6.07, 6.45) is 3.96. The van der Waals surface area contributed by atoms with E-state index in [1.165, 1.54) is 0 Å². The molecule has 1 unspecified atom stereocenters. The molecule has 1 atom stereocenters. The number of likely N-dealkylation sites (N-methyl/N-ethyl adjacent to an activating group) is 1. The molecule has 0 radical (unpaired) electrons. The zero-order valence-corrected chi connectivity index (χ0v) is 19.2. The van der Waals surface area contributed by atoms with Gasteiger partial charge in [0.2, 0.25) is 5.91 Å². The van der Waals surface area contributed by atoms with Crippen molar-refractivity contribution in [1.29, 1.82) is 0 Å². The molecule has 0 aliphatic carbocycles. The summed E-state index contributed by atoms with van der Waals surface area (Å²) in [6.45, 7) is 3.77. The highest BCUT2D eigenvalue weighted by molar-refractivity contribution is 5.94. The summed E-state index contributed by atoms with van der Waals surface area (Å²) in [5, 5.41) is 5.81. The van der Waals surface area contributed by atoms with Gasteiger partial charge in [0.05, 0.1) is 23.1 Å². The number of hydrogen-bond donors (Lipinski definition) is 2. The summed E-state index contributed by atoms with van der Waals surface area (Å²) in [5.41, 5.74) is 6.00. The minimum Gasteiger partial charge on any atom is -0.310 e. The smallest absolute Gasteiger partial charge is 0.242 e. The molecule has 0 aromatic carbocycles. The third kappa shape index (κ3) is 3.91. The first kappa shape index (κ1) is 21.4. The van der Waals surface area contributed by atoms with Crippen molar-refractivity contribution in [2.75, 3.05) is 12.4 Å². The average Bonchev–Trinajstić information content (AvgIpc) is 3.42. The molecule has 0 aliphatic heterocycles. The monoisotopic (exact) mass is 448 g/mol. The van der Waals surface area contributed by atoms with E-state index in [0.29, 0.717) is 11.5 Å². The molecule has 34 heavy (non-hydrogen) atoms. The first-order valence-corrected chi connectivity index (χ1v) is 11.1. The summed E-state index contributed by atoms with van der Waals surface area (Å²) >= 11 is 0. The predicted molar refractivity (Wildman–Crippen MR) is 134 cm³/mol. The lowest BCUT2D eigenvalue weighted by Gasteiger charge is -2.12. The number of carbonyl (C=O) groups is 1. The van der Waals surface area contributed by atoms with Gasteiger partial charge < -0.3 is 15.0 Å². The molecule has 5 rings (SSSR count). The highest BCUT2D eigenvalue weighted by Gasteiger charge is 2.17. The molecule has 5 aromatic heterocycles. The Labute approximate surface area is 197 Å². The van der Waals surface area contributed by atoms with Crippen LogP contribution < -0.4 is 10.6 Å². The zero-order chi connectivity index (χ0) is 23.7. The molecule has 0 fully saturated rings. The summed E-state index contributed by atoms with van der Waals surface area (Å²) in [5.74, 6) is 6.81. The van der Waals surface area contributed by atoms with E-state index in [9.17, 15) is 4.79 Å². The lowest BCUT2D eigenvalue weighted by molar-refractivity contribution is -0.117. The van der Waals surface area contributed by atoms with E-state index in [0.717, 1.165) is 33.8 Å². The van der Waals surface area contributed by atoms with Crippen LogP contribution in [0.15, 0.2) is 73.1 Å². The second-order valence-electron chi connectivity index (χ2n) is 8.03. The number of amides is 1. The Morgan fingerprint density at radius 2 is 1.74 bits per heavy atom. The van der Waals surface area contributed by atoms with E-state index in [4.69, 9.17) is 9.97 Å². The fourth-order valence-corrected chi connectivity index (χ4v) is 3.90. The fraction of sp³-hybridized carbons (Fsp3) is 0.148. The van der Waals surface area contributed by atoms with Gasteiger partial charge in [-0.2, -0.15) is 0 Å². The van der Waals surface area contributed by atoms with Gasteiger partial charge >= 0.3 is 0 Å². The third-order valence-electron chi connectivity index (χ3n) is 5.80. The molecule has 1 amide bonds. The van der Waals surface area contributed by atoms with Crippen molar-refractivity contribution in [3.8, 4) is 23.1 Å². The van der Waals surface area contributed by atoms with Crippen LogP contribution in [0.25, 0.3) is 22.4 Å². The largest absolute Gasteiger partial charge is 0.310 e. The molecule has 7 nitrogen and oxygen atoms in total. The van der Waals surface area contributed by atoms with Gasteiger partial charge in [0.1, 0.15) is 17.2 Å². The number of nitrogens with one attached hydrogen (secondary N) is 2. The third-order valence-corrected chi connectivity index (χ3v) is 5.80. The van der Waals surface area contributed by atoms with Gasteiger partial charge in [-0.1, -0.05) is 12.1 Å². The van der Waals surface area contributed by atoms with E-state index in [1.807, 2.05) is 82.7 Å². The number of anilines is 1. The number of pyridine rings is 3. The van der Waals surface area contributed by atoms with Crippen molar-refractivity contribution in [1.82, 2.24) is 24.1 Å². The van der Waals surface area contributed by atoms with Gasteiger partial charge in [0, 0.05) is 23.5 Å². The van der Waals surface area contributed by atoms with Crippen molar-refractivity contribution < 1.29 is 4.79 Å². The van der Waals surface area contributed by atoms with E-state index < -0.39 is 0 Å². The average molecular weight is 449 g/mol. The molecular formula is C27H24N6O. The van der Waals surface area contributed by atoms with Crippen molar-refractivity contribution in [2.45, 2.75) is 19.9 Å². The Balaban J connectivity index is 1.65. The number of carbonyl (C=O) groups excluding carboxylic acids is 1. The second kappa shape index (κ2) is 8.85. The maximum atomic E-state index is 12.4. The van der Waals surface area contributed by atoms with Crippen molar-refractivity contribution in [2.24, 2.45) is 0 Å². The number of hydrogen-bond acceptors (Lipinski definition) is 4. The number of fused-ring (bicyclic) bond motifs is 2. The first-order valence-electron chi connectivity index (χ1n) is 11.1. The minimum absolute atomic E-state index is 0.162. The van der Waals surface area contributed by atoms with Gasteiger partial charge in [-0.15, -0.1) is 0 Å². The Hall–Kier alpha value is -4.41. The van der Waals surface area contributed by atoms with Gasteiger partial charge in [0.25, 0.3) is 0 Å². The van der Waals surface area contributed by atoms with Crippen LogP contribution in [0.1, 0.15) is 24.0 Å². The first-order chi connectivity index (χ1) is 16.5. The molecule has 0 aliphatic rings. The maximum absolute atomic E-state index is 12.4. The van der Waals surface area contributed by atoms with E-state index in [-0.39, 0.29) is 11.9 Å². The number of imidazole rings is 1. The predicted octanol–water partition coefficient (Wildman–Crippen LogP) is 3.90. The van der Waals surface area contributed by atoms with E-state index >= 15 is 0 Å². The van der Waals surface area contributed by atoms with Crippen molar-refractivity contribution >= 4 is 22.9 Å². The maximum Gasteiger partial charge on any atom is 0.242 e. The summed E-state index contributed by atoms with van der Waals surface area (Å²) in [6, 6.07) is 19.3. The summed E-state index contributed by atoms with van der Waals surface area (Å²) in [4.78, 5) is 21.8. The topological polar surface area (TPSA) is 75.7 Å². The van der Waals surface area contributed by atoms with Crippen LogP contribution in [0, 0.1) is 18.8 Å². The SMILES string of the molecule is CNC(C)C(=O)Nc1ccc(-c2c(C)nc3ccccn23)c(C#Cc2ccc3ccccn23)n1. The van der Waals surface area contributed by atoms with Gasteiger partial charge in [-0.05, 0) is 81.3 Å². The van der Waals surface area contributed by atoms with Crippen molar-refractivity contribution in [3.05, 3.63) is 90.1 Å². The second-order valence-corrected chi connectivity index (χ2v) is 8.03. The molecule has 7 heteroatoms. The fourth-order valence-electron chi connectivity index (χ4n) is 3.90. The van der Waals surface area contributed by atoms with Crippen LogP contribution in [0.4, 0.5) is 5.82 Å². The van der Waals surface area contributed by atoms with Gasteiger partial charge in [-0.25, -0.2) is 9.97 Å². The molecule has 5 aromatic rings. The normalized spacial score (nSPS) is 11.9. The quantitative estimate of drug-likeness (QED) is 0.409. The number of nitrogens with zero attached hydrogens (tertiary/aromatic N) is 4. The Kier molecular flexibility index (Phi) is 5.58. The highest BCUT2D eigenvalue weighted by atomic mass is 16.2. The summed E-state index contributed by atoms with van der Waals surface area (Å²) in [7, 11) is 1.74. The molecule has 0 bridgehead atoms. The summed E-state index contributed by atoms with van der Waals surface area (Å²) < 4.78 is 4.07. The molecule has 5 heterocycles. The Bertz CT molecular complexity index is 1580. The van der Waals surface area contributed by atoms with Gasteiger partial charge in [-0.3, -0.25) is 9.20 Å². The zero-order valence-electron chi connectivity index (χ0n) is 19.2. The molecular weight excluding hydrogens is 424 g/mol. The molecule has 0 saturated heterocycles. The van der Waals surface area contributed by atoms with Crippen LogP contribution in [-0.2, 0) is 4.79 Å². The van der Waals surface area contributed by atoms with Crippen LogP contribution in [-0.4, -0.2) is 37.8 Å². The van der Waals surface area contributed by atoms with E-state index in [1.54, 1.807) is 20.0 Å². The van der Waals surface area contributed by atoms with Crippen LogP contribution >= 0.6 is 0 Å². The lowest BCUT2D eigenvalue weighted by Crippen LogP contribution is -2.35. The lowest BCUT2D eigenvalue weighted by atomic mass is 10.1. The van der Waals surface area contributed by atoms with E-state index in [2.05, 4.69) is 22.5 Å². The van der Waals surface area contributed by atoms with Crippen molar-refractivity contribution in [3.63, 3.8) is 0 Å². The molecule has 0 spiro atoms. The number of aryl methyl sites for hydroxylation is 1. The van der Waals surface area contributed by atoms with Crippen LogP contribution in [0.3, 0.4) is 0 Å². The standard InChI is InChI=1S/C27H24N6O/c1-18-26(33-17-7-5-9-25(33)29-18)22-13-15-24(31-27(34)19(2)28-3)30-23(22)14-12-21-11-10-20-8-4-6-16-32(20)21/h4-11,13,15-17,19,28H,1-3H3,(H,30,31,34).